The third kappa shape index (κ3) is 2.07. The lowest BCUT2D eigenvalue weighted by atomic mass is 9.66. The summed E-state index contributed by atoms with van der Waals surface area (Å²) in [7, 11) is 0. The Balaban J connectivity index is 1.85. The Labute approximate surface area is 176 Å². The molecule has 0 amide bonds. The Bertz CT molecular complexity index is 1270. The predicted octanol–water partition coefficient (Wildman–Crippen LogP) is 6.33. The van der Waals surface area contributed by atoms with Crippen LogP contribution in [0.4, 0.5) is 0 Å². The van der Waals surface area contributed by atoms with E-state index in [4.69, 9.17) is 4.74 Å². The summed E-state index contributed by atoms with van der Waals surface area (Å²) in [5.41, 5.74) is 6.00. The second-order valence-corrected chi connectivity index (χ2v) is 8.36. The number of phenols is 2. The molecule has 0 aromatic heterocycles. The standard InChI is InChI=1S/C25H15BrO3/c26-14-5-8-18-17-3-1-2-4-19(17)25(22(18)11-14)20-9-6-15(27)12-23(20)29-24-13-16(28)7-10-21(24)25/h1-13,27-28H. The molecule has 0 unspecified atom stereocenters. The number of halogens is 1. The summed E-state index contributed by atoms with van der Waals surface area (Å²) in [6.45, 7) is 0. The molecule has 1 heterocycles. The summed E-state index contributed by atoms with van der Waals surface area (Å²) in [6.07, 6.45) is 0. The molecule has 0 saturated heterocycles. The van der Waals surface area contributed by atoms with E-state index in [2.05, 4.69) is 58.4 Å². The van der Waals surface area contributed by atoms with E-state index in [0.29, 0.717) is 11.5 Å². The molecule has 2 N–H and O–H groups in total. The minimum Gasteiger partial charge on any atom is -0.508 e. The topological polar surface area (TPSA) is 49.7 Å². The van der Waals surface area contributed by atoms with Crippen molar-refractivity contribution in [3.05, 3.63) is 106 Å². The Morgan fingerprint density at radius 2 is 1.24 bits per heavy atom. The molecule has 2 aliphatic rings. The quantitative estimate of drug-likeness (QED) is 0.289. The molecular formula is C25H15BrO3. The second kappa shape index (κ2) is 5.65. The van der Waals surface area contributed by atoms with Crippen LogP contribution in [-0.4, -0.2) is 10.2 Å². The molecule has 1 aliphatic carbocycles. The highest BCUT2D eigenvalue weighted by Gasteiger charge is 2.51. The maximum absolute atomic E-state index is 10.1. The first-order chi connectivity index (χ1) is 14.1. The van der Waals surface area contributed by atoms with Crippen LogP contribution in [-0.2, 0) is 5.41 Å². The van der Waals surface area contributed by atoms with Crippen LogP contribution in [0.1, 0.15) is 22.3 Å². The monoisotopic (exact) mass is 442 g/mol. The molecule has 0 fully saturated rings. The SMILES string of the molecule is Oc1ccc2c(c1)Oc1cc(O)ccc1C21c2ccccc2-c2ccc(Br)cc21. The first-order valence-corrected chi connectivity index (χ1v) is 10.1. The van der Waals surface area contributed by atoms with E-state index in [-0.39, 0.29) is 11.5 Å². The summed E-state index contributed by atoms with van der Waals surface area (Å²) in [4.78, 5) is 0. The van der Waals surface area contributed by atoms with Crippen LogP contribution in [0.3, 0.4) is 0 Å². The smallest absolute Gasteiger partial charge is 0.135 e. The van der Waals surface area contributed by atoms with E-state index < -0.39 is 5.41 Å². The number of benzene rings is 4. The predicted molar refractivity (Wildman–Crippen MR) is 115 cm³/mol. The molecule has 4 aromatic rings. The third-order valence-electron chi connectivity index (χ3n) is 5.97. The average molecular weight is 443 g/mol. The highest BCUT2D eigenvalue weighted by molar-refractivity contribution is 9.10. The van der Waals surface area contributed by atoms with Crippen molar-refractivity contribution in [3.8, 4) is 34.1 Å². The highest BCUT2D eigenvalue weighted by Crippen LogP contribution is 2.62. The zero-order chi connectivity index (χ0) is 19.8. The maximum Gasteiger partial charge on any atom is 0.135 e. The van der Waals surface area contributed by atoms with Crippen LogP contribution in [0, 0.1) is 0 Å². The van der Waals surface area contributed by atoms with Crippen molar-refractivity contribution in [2.24, 2.45) is 0 Å². The molecule has 1 aliphatic heterocycles. The summed E-state index contributed by atoms with van der Waals surface area (Å²) in [6, 6.07) is 25.3. The van der Waals surface area contributed by atoms with Gasteiger partial charge < -0.3 is 14.9 Å². The van der Waals surface area contributed by atoms with Crippen molar-refractivity contribution in [2.75, 3.05) is 0 Å². The largest absolute Gasteiger partial charge is 0.508 e. The lowest BCUT2D eigenvalue weighted by Gasteiger charge is -2.39. The molecule has 0 atom stereocenters. The highest BCUT2D eigenvalue weighted by atomic mass is 79.9. The molecule has 29 heavy (non-hydrogen) atoms. The van der Waals surface area contributed by atoms with Crippen LogP contribution < -0.4 is 4.74 Å². The fourth-order valence-electron chi connectivity index (χ4n) is 4.91. The van der Waals surface area contributed by atoms with Crippen molar-refractivity contribution in [3.63, 3.8) is 0 Å². The van der Waals surface area contributed by atoms with Gasteiger partial charge in [0.2, 0.25) is 0 Å². The van der Waals surface area contributed by atoms with Crippen molar-refractivity contribution >= 4 is 15.9 Å². The van der Waals surface area contributed by atoms with E-state index >= 15 is 0 Å². The molecule has 0 saturated carbocycles. The van der Waals surface area contributed by atoms with Crippen LogP contribution in [0.15, 0.2) is 83.3 Å². The van der Waals surface area contributed by atoms with Crippen LogP contribution >= 0.6 is 15.9 Å². The Morgan fingerprint density at radius 1 is 0.621 bits per heavy atom. The van der Waals surface area contributed by atoms with Gasteiger partial charge in [-0.2, -0.15) is 0 Å². The summed E-state index contributed by atoms with van der Waals surface area (Å²) in [5, 5.41) is 20.2. The molecule has 0 bridgehead atoms. The number of hydrogen-bond acceptors (Lipinski definition) is 3. The van der Waals surface area contributed by atoms with Gasteiger partial charge in [0.05, 0.1) is 5.41 Å². The van der Waals surface area contributed by atoms with Gasteiger partial charge in [-0.05, 0) is 46.5 Å². The molecule has 1 spiro atoms. The van der Waals surface area contributed by atoms with Gasteiger partial charge in [0, 0.05) is 27.7 Å². The van der Waals surface area contributed by atoms with Crippen molar-refractivity contribution in [1.82, 2.24) is 0 Å². The van der Waals surface area contributed by atoms with E-state index in [1.54, 1.807) is 24.3 Å². The summed E-state index contributed by atoms with van der Waals surface area (Å²) in [5.74, 6) is 1.46. The van der Waals surface area contributed by atoms with Crippen LogP contribution in [0.2, 0.25) is 0 Å². The fourth-order valence-corrected chi connectivity index (χ4v) is 5.27. The molecular weight excluding hydrogens is 428 g/mol. The van der Waals surface area contributed by atoms with Gasteiger partial charge >= 0.3 is 0 Å². The number of rotatable bonds is 0. The number of phenolic OH excluding ortho intramolecular Hbond substituents is 2. The average Bonchev–Trinajstić information content (AvgIpc) is 2.98. The first kappa shape index (κ1) is 16.7. The van der Waals surface area contributed by atoms with E-state index in [9.17, 15) is 10.2 Å². The number of hydrogen-bond donors (Lipinski definition) is 2. The van der Waals surface area contributed by atoms with E-state index in [0.717, 1.165) is 26.7 Å². The van der Waals surface area contributed by atoms with Crippen molar-refractivity contribution < 1.29 is 14.9 Å². The molecule has 0 radical (unpaired) electrons. The number of fused-ring (bicyclic) bond motifs is 9. The normalized spacial score (nSPS) is 14.5. The van der Waals surface area contributed by atoms with Gasteiger partial charge in [-0.1, -0.05) is 58.4 Å². The Hall–Kier alpha value is -3.24. The van der Waals surface area contributed by atoms with Gasteiger partial charge in [0.25, 0.3) is 0 Å². The van der Waals surface area contributed by atoms with E-state index in [1.807, 2.05) is 12.1 Å². The van der Waals surface area contributed by atoms with Gasteiger partial charge in [-0.25, -0.2) is 0 Å². The van der Waals surface area contributed by atoms with Crippen LogP contribution in [0.5, 0.6) is 23.0 Å². The minimum atomic E-state index is -0.597. The lowest BCUT2D eigenvalue weighted by Crippen LogP contribution is -2.32. The van der Waals surface area contributed by atoms with Crippen LogP contribution in [0.25, 0.3) is 11.1 Å². The van der Waals surface area contributed by atoms with Gasteiger partial charge in [-0.3, -0.25) is 0 Å². The molecule has 140 valence electrons. The van der Waals surface area contributed by atoms with Crippen molar-refractivity contribution in [1.29, 1.82) is 0 Å². The summed E-state index contributed by atoms with van der Waals surface area (Å²) >= 11 is 3.65. The number of ether oxygens (including phenoxy) is 1. The Morgan fingerprint density at radius 3 is 1.93 bits per heavy atom. The molecule has 4 aromatic carbocycles. The lowest BCUT2D eigenvalue weighted by molar-refractivity contribution is 0.417. The minimum absolute atomic E-state index is 0.142. The first-order valence-electron chi connectivity index (χ1n) is 9.34. The van der Waals surface area contributed by atoms with Crippen molar-refractivity contribution in [2.45, 2.75) is 5.41 Å². The van der Waals surface area contributed by atoms with E-state index in [1.165, 1.54) is 11.1 Å². The maximum atomic E-state index is 10.1. The molecule has 4 heteroatoms. The summed E-state index contributed by atoms with van der Waals surface area (Å²) < 4.78 is 7.15. The fraction of sp³-hybridized carbons (Fsp3) is 0.0400. The zero-order valence-electron chi connectivity index (χ0n) is 15.2. The van der Waals surface area contributed by atoms with Gasteiger partial charge in [-0.15, -0.1) is 0 Å². The second-order valence-electron chi connectivity index (χ2n) is 7.45. The molecule has 6 rings (SSSR count). The number of aromatic hydroxyl groups is 2. The molecule has 3 nitrogen and oxygen atoms in total. The van der Waals surface area contributed by atoms with Gasteiger partial charge in [0.15, 0.2) is 0 Å². The third-order valence-corrected chi connectivity index (χ3v) is 6.46. The Kier molecular flexibility index (Phi) is 3.25. The zero-order valence-corrected chi connectivity index (χ0v) is 16.8. The van der Waals surface area contributed by atoms with Gasteiger partial charge in [0.1, 0.15) is 23.0 Å².